The fourth-order valence-electron chi connectivity index (χ4n) is 1.97. The van der Waals surface area contributed by atoms with Crippen molar-refractivity contribution in [3.05, 3.63) is 59.5 Å². The van der Waals surface area contributed by atoms with Gasteiger partial charge in [-0.25, -0.2) is 8.42 Å². The Morgan fingerprint density at radius 2 is 1.78 bits per heavy atom. The Kier molecular flexibility index (Phi) is 6.52. The summed E-state index contributed by atoms with van der Waals surface area (Å²) in [7, 11) is -4.41. The molecule has 0 amide bonds. The topological polar surface area (TPSA) is 81.6 Å². The van der Waals surface area contributed by atoms with Crippen molar-refractivity contribution in [3.8, 4) is 0 Å². The van der Waals surface area contributed by atoms with Gasteiger partial charge in [-0.15, -0.1) is 11.3 Å². The minimum atomic E-state index is -4.41. The average molecular weight is 370 g/mol. The van der Waals surface area contributed by atoms with Gasteiger partial charge in [0.25, 0.3) is 0 Å². The van der Waals surface area contributed by atoms with Gasteiger partial charge in [0.15, 0.2) is 0 Å². The summed E-state index contributed by atoms with van der Waals surface area (Å²) in [5.74, 6) is 0. The Hall–Kier alpha value is -0.584. The third kappa shape index (κ3) is 4.71. The quantitative estimate of drug-likeness (QED) is 0.309. The number of nitrogens with one attached hydrogen (secondary N) is 1. The number of rotatable bonds is 4. The monoisotopic (exact) mass is 370 g/mol. The van der Waals surface area contributed by atoms with Gasteiger partial charge in [0.2, 0.25) is 0 Å². The SMILES string of the molecule is O=S(=O)([O-])c1ccc(N/N=C/c2csc3ccccc23)cc1.[K+]. The van der Waals surface area contributed by atoms with Crippen LogP contribution in [0.1, 0.15) is 5.56 Å². The van der Waals surface area contributed by atoms with Crippen LogP contribution < -0.4 is 56.8 Å². The average Bonchev–Trinajstić information content (AvgIpc) is 2.90. The van der Waals surface area contributed by atoms with Crippen LogP contribution in [-0.2, 0) is 10.1 Å². The molecule has 5 nitrogen and oxygen atoms in total. The summed E-state index contributed by atoms with van der Waals surface area (Å²) in [6, 6.07) is 13.5. The first kappa shape index (κ1) is 18.8. The molecule has 1 N–H and O–H groups in total. The minimum absolute atomic E-state index is 0. The van der Waals surface area contributed by atoms with Crippen LogP contribution in [0.4, 0.5) is 5.69 Å². The number of hydrogen-bond acceptors (Lipinski definition) is 6. The summed E-state index contributed by atoms with van der Waals surface area (Å²) in [4.78, 5) is -0.258. The fourth-order valence-corrected chi connectivity index (χ4v) is 3.35. The summed E-state index contributed by atoms with van der Waals surface area (Å²) in [6.45, 7) is 0. The van der Waals surface area contributed by atoms with Crippen molar-refractivity contribution in [2.75, 3.05) is 5.43 Å². The van der Waals surface area contributed by atoms with Gasteiger partial charge in [0.05, 0.1) is 16.8 Å². The van der Waals surface area contributed by atoms with Gasteiger partial charge in [-0.1, -0.05) is 18.2 Å². The van der Waals surface area contributed by atoms with Crippen molar-refractivity contribution < 1.29 is 64.4 Å². The van der Waals surface area contributed by atoms with E-state index in [1.165, 1.54) is 29.0 Å². The second kappa shape index (κ2) is 7.99. The molecule has 0 aliphatic rings. The molecule has 1 aromatic heterocycles. The molecule has 0 aliphatic heterocycles. The van der Waals surface area contributed by atoms with Crippen molar-refractivity contribution in [3.63, 3.8) is 0 Å². The molecule has 0 radical (unpaired) electrons. The van der Waals surface area contributed by atoms with E-state index >= 15 is 0 Å². The molecule has 0 saturated heterocycles. The van der Waals surface area contributed by atoms with E-state index in [0.29, 0.717) is 5.69 Å². The number of thiophene rings is 1. The number of fused-ring (bicyclic) bond motifs is 1. The van der Waals surface area contributed by atoms with E-state index in [1.807, 2.05) is 29.6 Å². The smallest absolute Gasteiger partial charge is 0.744 e. The van der Waals surface area contributed by atoms with E-state index < -0.39 is 10.1 Å². The van der Waals surface area contributed by atoms with Crippen molar-refractivity contribution in [1.29, 1.82) is 0 Å². The molecule has 23 heavy (non-hydrogen) atoms. The maximum absolute atomic E-state index is 10.8. The standard InChI is InChI=1S/C15H12N2O3S2.K/c18-22(19,20)13-7-5-12(6-8-13)17-16-9-11-10-21-15-4-2-1-3-14(11)15;/h1-10,17H,(H,18,19,20);/q;+1/p-1/b16-9+;. The van der Waals surface area contributed by atoms with Crippen LogP contribution in [0.5, 0.6) is 0 Å². The Bertz CT molecular complexity index is 935. The van der Waals surface area contributed by atoms with Crippen LogP contribution in [0.3, 0.4) is 0 Å². The molecule has 0 unspecified atom stereocenters. The normalized spacial score (nSPS) is 11.5. The molecule has 0 spiro atoms. The Morgan fingerprint density at radius 3 is 2.48 bits per heavy atom. The van der Waals surface area contributed by atoms with Crippen LogP contribution in [0.25, 0.3) is 10.1 Å². The maximum Gasteiger partial charge on any atom is 1.00 e. The zero-order chi connectivity index (χ0) is 15.6. The Morgan fingerprint density at radius 1 is 1.09 bits per heavy atom. The van der Waals surface area contributed by atoms with Crippen molar-refractivity contribution >= 4 is 43.4 Å². The van der Waals surface area contributed by atoms with Crippen LogP contribution in [-0.4, -0.2) is 19.2 Å². The number of hydrazone groups is 1. The molecule has 0 atom stereocenters. The molecule has 0 bridgehead atoms. The van der Waals surface area contributed by atoms with Gasteiger partial charge >= 0.3 is 51.4 Å². The molecule has 112 valence electrons. The van der Waals surface area contributed by atoms with E-state index in [4.69, 9.17) is 0 Å². The summed E-state index contributed by atoms with van der Waals surface area (Å²) < 4.78 is 33.7. The largest absolute Gasteiger partial charge is 1.00 e. The summed E-state index contributed by atoms with van der Waals surface area (Å²) in [5, 5.41) is 7.28. The van der Waals surface area contributed by atoms with E-state index in [0.717, 1.165) is 10.9 Å². The van der Waals surface area contributed by atoms with Crippen molar-refractivity contribution in [1.82, 2.24) is 0 Å². The second-order valence-electron chi connectivity index (χ2n) is 4.54. The zero-order valence-electron chi connectivity index (χ0n) is 12.3. The van der Waals surface area contributed by atoms with Gasteiger partial charge in [-0.2, -0.15) is 5.10 Å². The van der Waals surface area contributed by atoms with Gasteiger partial charge in [-0.05, 0) is 30.3 Å². The van der Waals surface area contributed by atoms with Crippen LogP contribution in [0, 0.1) is 0 Å². The maximum atomic E-state index is 10.8. The van der Waals surface area contributed by atoms with Crippen molar-refractivity contribution in [2.45, 2.75) is 4.90 Å². The minimum Gasteiger partial charge on any atom is -0.744 e. The predicted octanol–water partition coefficient (Wildman–Crippen LogP) is 0.255. The van der Waals surface area contributed by atoms with Crippen LogP contribution in [0.15, 0.2) is 63.9 Å². The first-order valence-electron chi connectivity index (χ1n) is 6.35. The summed E-state index contributed by atoms with van der Waals surface area (Å²) in [6.07, 6.45) is 1.71. The molecule has 3 aromatic rings. The molecule has 8 heteroatoms. The molecule has 0 saturated carbocycles. The number of hydrogen-bond donors (Lipinski definition) is 1. The van der Waals surface area contributed by atoms with Gasteiger partial charge in [0, 0.05) is 21.0 Å². The first-order valence-corrected chi connectivity index (χ1v) is 8.64. The summed E-state index contributed by atoms with van der Waals surface area (Å²) in [5.41, 5.74) is 4.41. The zero-order valence-corrected chi connectivity index (χ0v) is 17.0. The van der Waals surface area contributed by atoms with Gasteiger partial charge in [-0.3, -0.25) is 5.43 Å². The first-order chi connectivity index (χ1) is 10.5. The molecule has 2 aromatic carbocycles. The van der Waals surface area contributed by atoms with E-state index in [-0.39, 0.29) is 56.3 Å². The molecule has 3 rings (SSSR count). The van der Waals surface area contributed by atoms with E-state index in [1.54, 1.807) is 17.6 Å². The third-order valence-corrected chi connectivity index (χ3v) is 4.88. The molecule has 1 heterocycles. The third-order valence-electron chi connectivity index (χ3n) is 3.05. The molecule has 0 aliphatic carbocycles. The number of nitrogens with zero attached hydrogens (tertiary/aromatic N) is 1. The molecular formula is C15H11KN2O3S2. The van der Waals surface area contributed by atoms with E-state index in [9.17, 15) is 13.0 Å². The van der Waals surface area contributed by atoms with Gasteiger partial charge in [0.1, 0.15) is 10.1 Å². The van der Waals surface area contributed by atoms with Gasteiger partial charge < -0.3 is 4.55 Å². The fraction of sp³-hybridized carbons (Fsp3) is 0. The molecular weight excluding hydrogens is 359 g/mol. The molecule has 0 fully saturated rings. The van der Waals surface area contributed by atoms with Crippen molar-refractivity contribution in [2.24, 2.45) is 5.10 Å². The summed E-state index contributed by atoms with van der Waals surface area (Å²) >= 11 is 1.64. The Balaban J connectivity index is 0.00000192. The second-order valence-corrected chi connectivity index (χ2v) is 6.83. The Labute approximate surface area is 180 Å². The van der Waals surface area contributed by atoms with E-state index in [2.05, 4.69) is 10.5 Å². The number of anilines is 1. The number of benzene rings is 2. The predicted molar refractivity (Wildman–Crippen MR) is 87.4 cm³/mol. The van der Waals surface area contributed by atoms with Crippen LogP contribution >= 0.6 is 11.3 Å². The van der Waals surface area contributed by atoms with Crippen LogP contribution in [0.2, 0.25) is 0 Å².